The van der Waals surface area contributed by atoms with Crippen molar-refractivity contribution in [3.05, 3.63) is 11.9 Å². The summed E-state index contributed by atoms with van der Waals surface area (Å²) in [5.41, 5.74) is 0.315. The van der Waals surface area contributed by atoms with E-state index in [4.69, 9.17) is 4.74 Å². The van der Waals surface area contributed by atoms with Gasteiger partial charge in [0, 0.05) is 13.0 Å². The van der Waals surface area contributed by atoms with Crippen LogP contribution >= 0.6 is 0 Å². The molecule has 0 aromatic carbocycles. The van der Waals surface area contributed by atoms with E-state index in [1.165, 1.54) is 0 Å². The van der Waals surface area contributed by atoms with Gasteiger partial charge in [-0.2, -0.15) is 0 Å². The van der Waals surface area contributed by atoms with Crippen LogP contribution in [0.1, 0.15) is 49.1 Å². The van der Waals surface area contributed by atoms with E-state index in [2.05, 4.69) is 20.9 Å². The van der Waals surface area contributed by atoms with Crippen molar-refractivity contribution in [2.75, 3.05) is 26.2 Å². The minimum atomic E-state index is -0.260. The predicted octanol–water partition coefficient (Wildman–Crippen LogP) is 0.276. The summed E-state index contributed by atoms with van der Waals surface area (Å²) in [6.07, 6.45) is 4.52. The van der Waals surface area contributed by atoms with Crippen LogP contribution in [0.5, 0.6) is 0 Å². The van der Waals surface area contributed by atoms with Gasteiger partial charge >= 0.3 is 5.97 Å². The van der Waals surface area contributed by atoms with Gasteiger partial charge in [-0.05, 0) is 39.3 Å². The molecular formula is C14H23N5O3. The van der Waals surface area contributed by atoms with Crippen molar-refractivity contribution < 1.29 is 14.3 Å². The summed E-state index contributed by atoms with van der Waals surface area (Å²) in [6, 6.07) is 0.305. The third-order valence-electron chi connectivity index (χ3n) is 3.57. The second-order valence-electron chi connectivity index (χ2n) is 5.23. The zero-order valence-corrected chi connectivity index (χ0v) is 12.9. The maximum absolute atomic E-state index is 12.0. The van der Waals surface area contributed by atoms with Crippen molar-refractivity contribution in [2.24, 2.45) is 0 Å². The Kier molecular flexibility index (Phi) is 6.32. The number of hydrogen-bond acceptors (Lipinski definition) is 6. The van der Waals surface area contributed by atoms with Crippen LogP contribution in [0.15, 0.2) is 6.20 Å². The molecule has 1 fully saturated rings. The molecule has 0 saturated carbocycles. The highest BCUT2D eigenvalue weighted by Gasteiger charge is 2.18. The Morgan fingerprint density at radius 3 is 2.95 bits per heavy atom. The van der Waals surface area contributed by atoms with Crippen molar-refractivity contribution in [1.82, 2.24) is 25.6 Å². The summed E-state index contributed by atoms with van der Waals surface area (Å²) in [6.45, 7) is 4.48. The summed E-state index contributed by atoms with van der Waals surface area (Å²) in [5.74, 6) is -0.502. The van der Waals surface area contributed by atoms with Crippen LogP contribution in [-0.2, 0) is 9.53 Å². The normalized spacial score (nSPS) is 15.5. The number of nitrogens with zero attached hydrogens (tertiary/aromatic N) is 3. The number of esters is 1. The first-order valence-corrected chi connectivity index (χ1v) is 7.77. The second kappa shape index (κ2) is 8.47. The lowest BCUT2D eigenvalue weighted by molar-refractivity contribution is -0.143. The molecule has 0 spiro atoms. The van der Waals surface area contributed by atoms with E-state index >= 15 is 0 Å². The molecule has 2 N–H and O–H groups in total. The Morgan fingerprint density at radius 1 is 1.45 bits per heavy atom. The number of rotatable bonds is 7. The maximum atomic E-state index is 12.0. The number of carbonyl (C=O) groups excluding carboxylic acids is 2. The van der Waals surface area contributed by atoms with Crippen LogP contribution in [0.3, 0.4) is 0 Å². The van der Waals surface area contributed by atoms with E-state index in [9.17, 15) is 9.59 Å². The van der Waals surface area contributed by atoms with Gasteiger partial charge in [0.05, 0.1) is 18.8 Å². The quantitative estimate of drug-likeness (QED) is 0.554. The third-order valence-corrected chi connectivity index (χ3v) is 3.57. The lowest BCUT2D eigenvalue weighted by atomic mass is 10.1. The highest BCUT2D eigenvalue weighted by Crippen LogP contribution is 2.16. The fraction of sp³-hybridized carbons (Fsp3) is 0.714. The topological polar surface area (TPSA) is 98.1 Å². The lowest BCUT2D eigenvalue weighted by Crippen LogP contribution is -2.29. The Morgan fingerprint density at radius 2 is 2.23 bits per heavy atom. The molecule has 0 radical (unpaired) electrons. The number of carbonyl (C=O) groups is 2. The summed E-state index contributed by atoms with van der Waals surface area (Å²) in [7, 11) is 0. The van der Waals surface area contributed by atoms with E-state index in [0.29, 0.717) is 37.7 Å². The van der Waals surface area contributed by atoms with Gasteiger partial charge in [-0.15, -0.1) is 5.10 Å². The average molecular weight is 309 g/mol. The van der Waals surface area contributed by atoms with Crippen LogP contribution in [0.25, 0.3) is 0 Å². The summed E-state index contributed by atoms with van der Waals surface area (Å²) in [5, 5.41) is 14.0. The largest absolute Gasteiger partial charge is 0.466 e. The van der Waals surface area contributed by atoms with Crippen LogP contribution in [-0.4, -0.2) is 53.1 Å². The molecule has 1 amide bonds. The van der Waals surface area contributed by atoms with Crippen molar-refractivity contribution in [2.45, 2.75) is 38.6 Å². The molecule has 122 valence electrons. The van der Waals surface area contributed by atoms with Gasteiger partial charge in [-0.3, -0.25) is 9.59 Å². The molecule has 0 atom stereocenters. The molecule has 0 aliphatic carbocycles. The van der Waals surface area contributed by atoms with Crippen molar-refractivity contribution >= 4 is 11.9 Å². The minimum Gasteiger partial charge on any atom is -0.466 e. The van der Waals surface area contributed by atoms with Crippen molar-refractivity contribution in [1.29, 1.82) is 0 Å². The first-order valence-electron chi connectivity index (χ1n) is 7.77. The van der Waals surface area contributed by atoms with E-state index in [0.717, 1.165) is 25.9 Å². The Bertz CT molecular complexity index is 496. The Labute approximate surface area is 129 Å². The number of ether oxygens (including phenoxy) is 1. The monoisotopic (exact) mass is 309 g/mol. The molecule has 22 heavy (non-hydrogen) atoms. The predicted molar refractivity (Wildman–Crippen MR) is 79.4 cm³/mol. The molecule has 1 aromatic rings. The summed E-state index contributed by atoms with van der Waals surface area (Å²) in [4.78, 5) is 23.1. The third kappa shape index (κ3) is 4.80. The molecule has 1 aliphatic heterocycles. The number of nitrogens with one attached hydrogen (secondary N) is 2. The maximum Gasteiger partial charge on any atom is 0.305 e. The van der Waals surface area contributed by atoms with Crippen LogP contribution in [0.2, 0.25) is 0 Å². The minimum absolute atomic E-state index is 0.242. The van der Waals surface area contributed by atoms with E-state index in [-0.39, 0.29) is 11.9 Å². The SMILES string of the molecule is CCOC(=O)CCCNC(=O)c1cn(C2CCNCC2)nn1. The van der Waals surface area contributed by atoms with Crippen LogP contribution in [0, 0.1) is 0 Å². The van der Waals surface area contributed by atoms with Gasteiger partial charge in [0.1, 0.15) is 0 Å². The summed E-state index contributed by atoms with van der Waals surface area (Å²) < 4.78 is 6.59. The zero-order valence-electron chi connectivity index (χ0n) is 12.9. The van der Waals surface area contributed by atoms with Gasteiger partial charge in [-0.1, -0.05) is 5.21 Å². The number of amides is 1. The lowest BCUT2D eigenvalue weighted by Gasteiger charge is -2.22. The number of piperidine rings is 1. The molecule has 0 unspecified atom stereocenters. The van der Waals surface area contributed by atoms with Crippen LogP contribution < -0.4 is 10.6 Å². The molecule has 2 heterocycles. The molecule has 8 nitrogen and oxygen atoms in total. The van der Waals surface area contributed by atoms with Gasteiger partial charge in [0.2, 0.25) is 0 Å². The van der Waals surface area contributed by atoms with Gasteiger partial charge in [-0.25, -0.2) is 4.68 Å². The average Bonchev–Trinajstić information content (AvgIpc) is 3.02. The van der Waals surface area contributed by atoms with Crippen LogP contribution in [0.4, 0.5) is 0 Å². The van der Waals surface area contributed by atoms with Gasteiger partial charge < -0.3 is 15.4 Å². The van der Waals surface area contributed by atoms with E-state index in [1.807, 2.05) is 0 Å². The zero-order chi connectivity index (χ0) is 15.8. The van der Waals surface area contributed by atoms with Crippen molar-refractivity contribution in [3.63, 3.8) is 0 Å². The summed E-state index contributed by atoms with van der Waals surface area (Å²) >= 11 is 0. The fourth-order valence-corrected chi connectivity index (χ4v) is 2.39. The molecule has 1 aliphatic rings. The van der Waals surface area contributed by atoms with Crippen molar-refractivity contribution in [3.8, 4) is 0 Å². The standard InChI is InChI=1S/C14H23N5O3/c1-2-22-13(20)4-3-7-16-14(21)12-10-19(18-17-12)11-5-8-15-9-6-11/h10-11,15H,2-9H2,1H3,(H,16,21). The molecule has 1 aromatic heterocycles. The van der Waals surface area contributed by atoms with E-state index in [1.54, 1.807) is 17.8 Å². The molecule has 1 saturated heterocycles. The first kappa shape index (κ1) is 16.4. The van der Waals surface area contributed by atoms with Gasteiger partial charge in [0.25, 0.3) is 5.91 Å². The Balaban J connectivity index is 1.73. The van der Waals surface area contributed by atoms with Gasteiger partial charge in [0.15, 0.2) is 5.69 Å². The fourth-order valence-electron chi connectivity index (χ4n) is 2.39. The molecule has 8 heteroatoms. The number of hydrogen-bond donors (Lipinski definition) is 2. The number of aromatic nitrogens is 3. The van der Waals surface area contributed by atoms with E-state index < -0.39 is 0 Å². The molecular weight excluding hydrogens is 286 g/mol. The Hall–Kier alpha value is -1.96. The first-order chi connectivity index (χ1) is 10.7. The molecule has 2 rings (SSSR count). The highest BCUT2D eigenvalue weighted by atomic mass is 16.5. The smallest absolute Gasteiger partial charge is 0.305 e. The molecule has 0 bridgehead atoms. The highest BCUT2D eigenvalue weighted by molar-refractivity contribution is 5.91. The second-order valence-corrected chi connectivity index (χ2v) is 5.23.